The highest BCUT2D eigenvalue weighted by atomic mass is 32.2. The number of ether oxygens (including phenoxy) is 2. The summed E-state index contributed by atoms with van der Waals surface area (Å²) in [5.41, 5.74) is 0.738. The first-order valence-corrected chi connectivity index (χ1v) is 5.39. The zero-order chi connectivity index (χ0) is 10.6. The monoisotopic (exact) mass is 214 g/mol. The molecule has 0 aromatic heterocycles. The zero-order valence-corrected chi connectivity index (χ0v) is 9.35. The number of methoxy groups -OCH3 is 2. The fourth-order valence-corrected chi connectivity index (χ4v) is 1.85. The molecule has 1 N–H and O–H groups in total. The predicted molar refractivity (Wildman–Crippen MR) is 57.2 cm³/mol. The number of aliphatic hydroxyl groups is 1. The fraction of sp³-hybridized carbons (Fsp3) is 0.400. The topological polar surface area (TPSA) is 38.7 Å². The Morgan fingerprint density at radius 3 is 2.29 bits per heavy atom. The van der Waals surface area contributed by atoms with Crippen molar-refractivity contribution in [2.24, 2.45) is 0 Å². The van der Waals surface area contributed by atoms with Gasteiger partial charge < -0.3 is 14.6 Å². The van der Waals surface area contributed by atoms with E-state index in [9.17, 15) is 0 Å². The van der Waals surface area contributed by atoms with Crippen molar-refractivity contribution in [2.45, 2.75) is 11.5 Å². The number of hydrogen-bond acceptors (Lipinski definition) is 4. The summed E-state index contributed by atoms with van der Waals surface area (Å²) in [5.74, 6) is 1.30. The molecule has 0 atom stereocenters. The van der Waals surface area contributed by atoms with Crippen molar-refractivity contribution >= 4 is 11.8 Å². The Hall–Kier alpha value is -0.870. The lowest BCUT2D eigenvalue weighted by Crippen LogP contribution is -1.97. The molecule has 0 bridgehead atoms. The van der Waals surface area contributed by atoms with Gasteiger partial charge in [-0.05, 0) is 12.3 Å². The Kier molecular flexibility index (Phi) is 4.10. The summed E-state index contributed by atoms with van der Waals surface area (Å²) in [7, 11) is 3.17. The number of benzene rings is 1. The van der Waals surface area contributed by atoms with E-state index in [1.54, 1.807) is 26.0 Å². The van der Waals surface area contributed by atoms with Crippen molar-refractivity contribution in [1.29, 1.82) is 0 Å². The van der Waals surface area contributed by atoms with E-state index >= 15 is 0 Å². The third kappa shape index (κ3) is 1.96. The number of hydrogen-bond donors (Lipinski definition) is 1. The van der Waals surface area contributed by atoms with Crippen LogP contribution in [-0.4, -0.2) is 25.6 Å². The maximum absolute atomic E-state index is 9.09. The van der Waals surface area contributed by atoms with Crippen LogP contribution >= 0.6 is 11.8 Å². The fourth-order valence-electron chi connectivity index (χ4n) is 1.29. The van der Waals surface area contributed by atoms with E-state index in [-0.39, 0.29) is 6.61 Å². The van der Waals surface area contributed by atoms with Gasteiger partial charge >= 0.3 is 0 Å². The highest BCUT2D eigenvalue weighted by Gasteiger charge is 2.13. The van der Waals surface area contributed by atoms with Crippen LogP contribution in [0.4, 0.5) is 0 Å². The lowest BCUT2D eigenvalue weighted by molar-refractivity contribution is 0.269. The Morgan fingerprint density at radius 1 is 1.21 bits per heavy atom. The smallest absolute Gasteiger partial charge is 0.174 e. The largest absolute Gasteiger partial charge is 0.492 e. The van der Waals surface area contributed by atoms with E-state index in [1.165, 1.54) is 0 Å². The molecule has 1 rings (SSSR count). The molecule has 0 radical (unpaired) electrons. The average Bonchev–Trinajstić information content (AvgIpc) is 2.26. The van der Waals surface area contributed by atoms with Gasteiger partial charge in [0.05, 0.1) is 25.7 Å². The summed E-state index contributed by atoms with van der Waals surface area (Å²) >= 11 is 1.58. The summed E-state index contributed by atoms with van der Waals surface area (Å²) in [6, 6.07) is 3.75. The molecule has 3 nitrogen and oxygen atoms in total. The SMILES string of the molecule is COc1c(CO)ccc(SC)c1OC. The van der Waals surface area contributed by atoms with E-state index in [4.69, 9.17) is 14.6 Å². The molecular weight excluding hydrogens is 200 g/mol. The summed E-state index contributed by atoms with van der Waals surface area (Å²) in [4.78, 5) is 1.00. The van der Waals surface area contributed by atoms with E-state index in [2.05, 4.69) is 0 Å². The quantitative estimate of drug-likeness (QED) is 0.777. The second kappa shape index (κ2) is 5.12. The van der Waals surface area contributed by atoms with Crippen molar-refractivity contribution in [3.05, 3.63) is 17.7 Å². The Bertz CT molecular complexity index is 281. The zero-order valence-electron chi connectivity index (χ0n) is 8.53. The van der Waals surface area contributed by atoms with Crippen LogP contribution in [0.1, 0.15) is 5.56 Å². The Balaban J connectivity index is 3.28. The standard InChI is InChI=1S/C10H14O3S/c1-12-9-7(6-11)4-5-8(14-3)10(9)13-2/h4-5,11H,6H2,1-3H3. The molecule has 0 aliphatic heterocycles. The lowest BCUT2D eigenvalue weighted by atomic mass is 10.2. The lowest BCUT2D eigenvalue weighted by Gasteiger charge is -2.14. The second-order valence-corrected chi connectivity index (χ2v) is 3.50. The van der Waals surface area contributed by atoms with E-state index in [1.807, 2.05) is 18.4 Å². The van der Waals surface area contributed by atoms with E-state index in [0.29, 0.717) is 11.5 Å². The molecule has 78 valence electrons. The molecule has 1 aromatic carbocycles. The van der Waals surface area contributed by atoms with Gasteiger partial charge in [0.2, 0.25) is 0 Å². The average molecular weight is 214 g/mol. The minimum absolute atomic E-state index is 0.0474. The molecule has 1 aromatic rings. The first-order chi connectivity index (χ1) is 6.78. The van der Waals surface area contributed by atoms with Crippen LogP contribution in [-0.2, 0) is 6.61 Å². The summed E-state index contributed by atoms with van der Waals surface area (Å²) < 4.78 is 10.4. The van der Waals surface area contributed by atoms with Crippen LogP contribution in [0.2, 0.25) is 0 Å². The Morgan fingerprint density at radius 2 is 1.86 bits per heavy atom. The second-order valence-electron chi connectivity index (χ2n) is 2.65. The number of rotatable bonds is 4. The number of aliphatic hydroxyl groups excluding tert-OH is 1. The number of thioether (sulfide) groups is 1. The van der Waals surface area contributed by atoms with Crippen molar-refractivity contribution < 1.29 is 14.6 Å². The molecule has 4 heteroatoms. The van der Waals surface area contributed by atoms with Gasteiger partial charge in [0, 0.05) is 5.56 Å². The highest BCUT2D eigenvalue weighted by Crippen LogP contribution is 2.39. The molecule has 0 saturated heterocycles. The van der Waals surface area contributed by atoms with Crippen LogP contribution in [0.3, 0.4) is 0 Å². The first kappa shape index (κ1) is 11.2. The molecule has 0 saturated carbocycles. The Labute approximate surface area is 88.0 Å². The maximum Gasteiger partial charge on any atom is 0.174 e. The van der Waals surface area contributed by atoms with Crippen LogP contribution in [0.25, 0.3) is 0 Å². The van der Waals surface area contributed by atoms with Crippen molar-refractivity contribution in [2.75, 3.05) is 20.5 Å². The minimum Gasteiger partial charge on any atom is -0.492 e. The van der Waals surface area contributed by atoms with Gasteiger partial charge in [0.15, 0.2) is 11.5 Å². The molecule has 0 unspecified atom stereocenters. The third-order valence-corrected chi connectivity index (χ3v) is 2.72. The van der Waals surface area contributed by atoms with Crippen LogP contribution in [0.5, 0.6) is 11.5 Å². The van der Waals surface area contributed by atoms with E-state index in [0.717, 1.165) is 10.5 Å². The van der Waals surface area contributed by atoms with Gasteiger partial charge in [0.25, 0.3) is 0 Å². The first-order valence-electron chi connectivity index (χ1n) is 4.17. The van der Waals surface area contributed by atoms with Crippen LogP contribution in [0, 0.1) is 0 Å². The molecule has 14 heavy (non-hydrogen) atoms. The van der Waals surface area contributed by atoms with Gasteiger partial charge in [-0.15, -0.1) is 11.8 Å². The molecule has 0 aliphatic carbocycles. The van der Waals surface area contributed by atoms with Crippen LogP contribution < -0.4 is 9.47 Å². The van der Waals surface area contributed by atoms with Crippen molar-refractivity contribution in [3.8, 4) is 11.5 Å². The van der Waals surface area contributed by atoms with Crippen LogP contribution in [0.15, 0.2) is 17.0 Å². The molecule has 0 aliphatic rings. The van der Waals surface area contributed by atoms with Gasteiger partial charge in [-0.1, -0.05) is 6.07 Å². The maximum atomic E-state index is 9.09. The summed E-state index contributed by atoms with van der Waals surface area (Å²) in [6.45, 7) is -0.0474. The summed E-state index contributed by atoms with van der Waals surface area (Å²) in [5, 5.41) is 9.09. The molecule has 0 spiro atoms. The van der Waals surface area contributed by atoms with Gasteiger partial charge in [-0.2, -0.15) is 0 Å². The molecule has 0 heterocycles. The molecular formula is C10H14O3S. The van der Waals surface area contributed by atoms with Crippen molar-refractivity contribution in [3.63, 3.8) is 0 Å². The van der Waals surface area contributed by atoms with Gasteiger partial charge in [-0.25, -0.2) is 0 Å². The van der Waals surface area contributed by atoms with E-state index < -0.39 is 0 Å². The minimum atomic E-state index is -0.0474. The highest BCUT2D eigenvalue weighted by molar-refractivity contribution is 7.98. The third-order valence-electron chi connectivity index (χ3n) is 1.96. The van der Waals surface area contributed by atoms with Crippen molar-refractivity contribution in [1.82, 2.24) is 0 Å². The molecule has 0 amide bonds. The van der Waals surface area contributed by atoms with Gasteiger partial charge in [0.1, 0.15) is 0 Å². The summed E-state index contributed by atoms with van der Waals surface area (Å²) in [6.07, 6.45) is 1.97. The van der Waals surface area contributed by atoms with Gasteiger partial charge in [-0.3, -0.25) is 0 Å². The molecule has 0 fully saturated rings. The predicted octanol–water partition coefficient (Wildman–Crippen LogP) is 1.92. The normalized spacial score (nSPS) is 10.0.